The number of nitro benzene ring substituents is 1. The monoisotopic (exact) mass is 381 g/mol. The minimum Gasteiger partial charge on any atom is -0.490 e. The number of aromatic nitrogens is 2. The Morgan fingerprint density at radius 2 is 2.14 bits per heavy atom. The lowest BCUT2D eigenvalue weighted by Gasteiger charge is -2.06. The van der Waals surface area contributed by atoms with E-state index >= 15 is 0 Å². The minimum atomic E-state index is -0.570. The molecule has 1 aromatic heterocycles. The lowest BCUT2D eigenvalue weighted by atomic mass is 10.2. The second-order valence-corrected chi connectivity index (χ2v) is 5.53. The summed E-state index contributed by atoms with van der Waals surface area (Å²) in [6.07, 6.45) is 1.26. The highest BCUT2D eigenvalue weighted by molar-refractivity contribution is 5.97. The van der Waals surface area contributed by atoms with Crippen LogP contribution in [-0.4, -0.2) is 39.0 Å². The van der Waals surface area contributed by atoms with Gasteiger partial charge in [-0.3, -0.25) is 15.5 Å². The maximum atomic E-state index is 11.1. The number of nitrogens with one attached hydrogen (secondary N) is 1. The van der Waals surface area contributed by atoms with Crippen LogP contribution in [0.15, 0.2) is 52.7 Å². The average molecular weight is 381 g/mol. The number of amidine groups is 1. The molecule has 0 radical (unpaired) electrons. The topological polar surface area (TPSA) is 165 Å². The zero-order valence-electron chi connectivity index (χ0n) is 14.6. The van der Waals surface area contributed by atoms with Crippen LogP contribution in [0.25, 0.3) is 11.0 Å². The van der Waals surface area contributed by atoms with E-state index in [-0.39, 0.29) is 28.5 Å². The zero-order valence-corrected chi connectivity index (χ0v) is 14.6. The molecule has 0 aliphatic heterocycles. The smallest absolute Gasteiger partial charge is 0.311 e. The number of nitro groups is 1. The average Bonchev–Trinajstić information content (AvgIpc) is 2.70. The van der Waals surface area contributed by atoms with Crippen LogP contribution in [0.4, 0.5) is 5.69 Å². The molecule has 0 amide bonds. The molecular weight excluding hydrogens is 366 g/mol. The van der Waals surface area contributed by atoms with Crippen LogP contribution in [0, 0.1) is 15.5 Å². The summed E-state index contributed by atoms with van der Waals surface area (Å²) in [6.45, 7) is 0. The van der Waals surface area contributed by atoms with E-state index in [1.165, 1.54) is 25.5 Å². The number of benzene rings is 2. The molecule has 2 aromatic carbocycles. The number of ether oxygens (including phenoxy) is 1. The van der Waals surface area contributed by atoms with Crippen molar-refractivity contribution in [3.05, 3.63) is 69.3 Å². The summed E-state index contributed by atoms with van der Waals surface area (Å²) < 4.78 is 5.58. The molecule has 0 saturated heterocycles. The molecule has 142 valence electrons. The van der Waals surface area contributed by atoms with E-state index in [0.29, 0.717) is 21.3 Å². The first-order valence-electron chi connectivity index (χ1n) is 7.87. The number of fused-ring (bicyclic) bond motifs is 1. The first kappa shape index (κ1) is 18.5. The summed E-state index contributed by atoms with van der Waals surface area (Å²) >= 11 is 0. The van der Waals surface area contributed by atoms with E-state index in [4.69, 9.17) is 15.9 Å². The molecule has 4 N–H and O–H groups in total. The van der Waals surface area contributed by atoms with Crippen LogP contribution in [-0.2, 0) is 0 Å². The predicted molar refractivity (Wildman–Crippen MR) is 101 cm³/mol. The Hall–Kier alpha value is -4.28. The van der Waals surface area contributed by atoms with E-state index < -0.39 is 4.92 Å². The van der Waals surface area contributed by atoms with Crippen molar-refractivity contribution in [3.8, 4) is 5.75 Å². The Bertz CT molecular complexity index is 1180. The normalized spacial score (nSPS) is 11.8. The number of nitrogens with two attached hydrogens (primary N) is 1. The van der Waals surface area contributed by atoms with Gasteiger partial charge in [-0.2, -0.15) is 9.83 Å². The molecule has 0 atom stereocenters. The predicted octanol–water partition coefficient (Wildman–Crippen LogP) is 1.41. The van der Waals surface area contributed by atoms with Crippen molar-refractivity contribution in [1.29, 1.82) is 5.41 Å². The van der Waals surface area contributed by atoms with E-state index in [2.05, 4.69) is 15.2 Å². The van der Waals surface area contributed by atoms with Crippen LogP contribution in [0.2, 0.25) is 0 Å². The Morgan fingerprint density at radius 1 is 1.39 bits per heavy atom. The van der Waals surface area contributed by atoms with E-state index in [0.717, 1.165) is 0 Å². The van der Waals surface area contributed by atoms with Gasteiger partial charge in [0.05, 0.1) is 23.8 Å². The van der Waals surface area contributed by atoms with E-state index in [1.54, 1.807) is 30.3 Å². The fourth-order valence-electron chi connectivity index (χ4n) is 2.45. The van der Waals surface area contributed by atoms with Crippen molar-refractivity contribution in [2.45, 2.75) is 0 Å². The Kier molecular flexibility index (Phi) is 4.98. The molecule has 0 aliphatic rings. The van der Waals surface area contributed by atoms with Crippen molar-refractivity contribution in [1.82, 2.24) is 9.71 Å². The summed E-state index contributed by atoms with van der Waals surface area (Å²) in [6, 6.07) is 11.0. The highest BCUT2D eigenvalue weighted by atomic mass is 16.6. The molecule has 0 unspecified atom stereocenters. The first-order chi connectivity index (χ1) is 13.4. The van der Waals surface area contributed by atoms with Gasteiger partial charge in [-0.25, -0.2) is 4.98 Å². The number of para-hydroxylation sites is 2. The SMILES string of the molecule is COc1ccc(/C=N\N=C(N)c2nc3ccccc3n(O)c2=N)cc1[N+](=O)[O-]. The number of rotatable bonds is 5. The Morgan fingerprint density at radius 3 is 2.86 bits per heavy atom. The molecule has 28 heavy (non-hydrogen) atoms. The third-order valence-corrected chi connectivity index (χ3v) is 3.79. The second kappa shape index (κ2) is 7.53. The summed E-state index contributed by atoms with van der Waals surface area (Å²) in [5.41, 5.74) is 6.39. The zero-order chi connectivity index (χ0) is 20.3. The fraction of sp³-hybridized carbons (Fsp3) is 0.0588. The molecule has 1 heterocycles. The third kappa shape index (κ3) is 3.49. The fourth-order valence-corrected chi connectivity index (χ4v) is 2.45. The number of methoxy groups -OCH3 is 1. The maximum Gasteiger partial charge on any atom is 0.311 e. The van der Waals surface area contributed by atoms with Gasteiger partial charge in [0.25, 0.3) is 0 Å². The standard InChI is InChI=1S/C17H15N7O4/c1-28-14-7-6-10(8-13(14)24(26)27)9-20-22-16(18)15-17(19)23(25)12-5-3-2-4-11(12)21-15/h2-9,19,25H,1H3,(H2,18,22)/b19-17?,20-9-. The minimum absolute atomic E-state index is 0.0564. The van der Waals surface area contributed by atoms with Gasteiger partial charge in [0.15, 0.2) is 22.8 Å². The van der Waals surface area contributed by atoms with Gasteiger partial charge in [0.1, 0.15) is 5.52 Å². The summed E-state index contributed by atoms with van der Waals surface area (Å²) in [5, 5.41) is 36.7. The van der Waals surface area contributed by atoms with E-state index in [9.17, 15) is 15.3 Å². The van der Waals surface area contributed by atoms with Crippen LogP contribution in [0.1, 0.15) is 11.3 Å². The Balaban J connectivity index is 1.94. The van der Waals surface area contributed by atoms with Gasteiger partial charge in [-0.1, -0.05) is 12.1 Å². The quantitative estimate of drug-likeness (QED) is 0.199. The molecule has 0 saturated carbocycles. The second-order valence-electron chi connectivity index (χ2n) is 5.53. The Labute approximate surface area is 157 Å². The van der Waals surface area contributed by atoms with Crippen LogP contribution in [0.3, 0.4) is 0 Å². The molecule has 3 aromatic rings. The van der Waals surface area contributed by atoms with Gasteiger partial charge in [0, 0.05) is 11.6 Å². The van der Waals surface area contributed by atoms with Crippen molar-refractivity contribution in [3.63, 3.8) is 0 Å². The molecular formula is C17H15N7O4. The van der Waals surface area contributed by atoms with E-state index in [1.807, 2.05) is 0 Å². The molecule has 0 spiro atoms. The van der Waals surface area contributed by atoms with Crippen LogP contribution < -0.4 is 16.0 Å². The van der Waals surface area contributed by atoms with Crippen molar-refractivity contribution < 1.29 is 14.9 Å². The van der Waals surface area contributed by atoms with Gasteiger partial charge in [-0.05, 0) is 24.3 Å². The van der Waals surface area contributed by atoms with Gasteiger partial charge in [0.2, 0.25) is 0 Å². The number of hydrogen-bond acceptors (Lipinski definition) is 8. The molecule has 0 aliphatic carbocycles. The molecule has 11 heteroatoms. The summed E-state index contributed by atoms with van der Waals surface area (Å²) in [5.74, 6) is -0.0744. The third-order valence-electron chi connectivity index (χ3n) is 3.79. The highest BCUT2D eigenvalue weighted by Gasteiger charge is 2.14. The molecule has 0 fully saturated rings. The maximum absolute atomic E-state index is 11.1. The van der Waals surface area contributed by atoms with Gasteiger partial charge in [-0.15, -0.1) is 5.10 Å². The first-order valence-corrected chi connectivity index (χ1v) is 7.87. The molecule has 11 nitrogen and oxygen atoms in total. The van der Waals surface area contributed by atoms with Crippen LogP contribution in [0.5, 0.6) is 5.75 Å². The highest BCUT2D eigenvalue weighted by Crippen LogP contribution is 2.26. The van der Waals surface area contributed by atoms with Gasteiger partial charge >= 0.3 is 5.69 Å². The van der Waals surface area contributed by atoms with Crippen molar-refractivity contribution in [2.75, 3.05) is 7.11 Å². The van der Waals surface area contributed by atoms with Gasteiger partial charge < -0.3 is 15.7 Å². The number of nitrogens with zero attached hydrogens (tertiary/aromatic N) is 5. The molecule has 0 bridgehead atoms. The lowest BCUT2D eigenvalue weighted by Crippen LogP contribution is -2.31. The van der Waals surface area contributed by atoms with Crippen LogP contribution >= 0.6 is 0 Å². The summed E-state index contributed by atoms with van der Waals surface area (Å²) in [7, 11) is 1.34. The summed E-state index contributed by atoms with van der Waals surface area (Å²) in [4.78, 5) is 14.7. The largest absolute Gasteiger partial charge is 0.490 e. The molecule has 3 rings (SSSR count). The van der Waals surface area contributed by atoms with Crippen molar-refractivity contribution in [2.24, 2.45) is 15.9 Å². The lowest BCUT2D eigenvalue weighted by molar-refractivity contribution is -0.385. The number of hydrogen-bond donors (Lipinski definition) is 3. The van der Waals surface area contributed by atoms with Crippen molar-refractivity contribution >= 4 is 28.8 Å².